The molecule has 1 N–H and O–H groups in total. The van der Waals surface area contributed by atoms with E-state index >= 15 is 0 Å². The van der Waals surface area contributed by atoms with E-state index in [-0.39, 0.29) is 17.2 Å². The topological polar surface area (TPSA) is 47.6 Å². The molecule has 0 heterocycles. The van der Waals surface area contributed by atoms with Crippen molar-refractivity contribution in [2.45, 2.75) is 36.5 Å². The minimum absolute atomic E-state index is 0.0236. The van der Waals surface area contributed by atoms with Crippen LogP contribution in [0.15, 0.2) is 53.4 Å². The van der Waals surface area contributed by atoms with Crippen molar-refractivity contribution in [3.63, 3.8) is 0 Å². The molecule has 0 saturated heterocycles. The third-order valence-corrected chi connectivity index (χ3v) is 5.07. The van der Waals surface area contributed by atoms with E-state index in [2.05, 4.69) is 12.2 Å². The average Bonchev–Trinajstić information content (AvgIpc) is 2.66. The second-order valence-electron chi connectivity index (χ2n) is 5.66. The third-order valence-electron chi connectivity index (χ3n) is 3.96. The van der Waals surface area contributed by atoms with Crippen LogP contribution in [0.4, 0.5) is 0 Å². The molecule has 0 unspecified atom stereocenters. The number of methoxy groups -OCH3 is 2. The molecule has 2 rings (SSSR count). The number of benzene rings is 2. The molecule has 0 aliphatic heterocycles. The SMILES string of the molecule is CC[C@@H](NC(=O)[C@@H](C)Sc1ccccc1)c1ccc(OC)c(OC)c1. The third kappa shape index (κ3) is 5.16. The van der Waals surface area contributed by atoms with E-state index in [1.165, 1.54) is 0 Å². The van der Waals surface area contributed by atoms with Crippen molar-refractivity contribution in [1.29, 1.82) is 0 Å². The van der Waals surface area contributed by atoms with Gasteiger partial charge >= 0.3 is 0 Å². The van der Waals surface area contributed by atoms with Crippen LogP contribution in [0.2, 0.25) is 0 Å². The van der Waals surface area contributed by atoms with Crippen molar-refractivity contribution < 1.29 is 14.3 Å². The molecule has 0 spiro atoms. The molecule has 0 aliphatic carbocycles. The summed E-state index contributed by atoms with van der Waals surface area (Å²) >= 11 is 1.56. The van der Waals surface area contributed by atoms with Gasteiger partial charge in [0.15, 0.2) is 11.5 Å². The predicted octanol–water partition coefficient (Wildman–Crippen LogP) is 4.45. The van der Waals surface area contributed by atoms with Gasteiger partial charge in [0.1, 0.15) is 0 Å². The lowest BCUT2D eigenvalue weighted by Gasteiger charge is -2.21. The van der Waals surface area contributed by atoms with Crippen LogP contribution in [0.5, 0.6) is 11.5 Å². The van der Waals surface area contributed by atoms with E-state index in [0.717, 1.165) is 16.9 Å². The zero-order valence-electron chi connectivity index (χ0n) is 15.1. The maximum Gasteiger partial charge on any atom is 0.233 e. The largest absolute Gasteiger partial charge is 0.493 e. The Labute approximate surface area is 153 Å². The summed E-state index contributed by atoms with van der Waals surface area (Å²) in [6.07, 6.45) is 0.796. The van der Waals surface area contributed by atoms with E-state index in [1.54, 1.807) is 26.0 Å². The Morgan fingerprint density at radius 3 is 2.36 bits per heavy atom. The van der Waals surface area contributed by atoms with Crippen LogP contribution < -0.4 is 14.8 Å². The van der Waals surface area contributed by atoms with E-state index in [9.17, 15) is 4.79 Å². The summed E-state index contributed by atoms with van der Waals surface area (Å²) < 4.78 is 10.6. The van der Waals surface area contributed by atoms with E-state index < -0.39 is 0 Å². The van der Waals surface area contributed by atoms with Crippen molar-refractivity contribution in [3.05, 3.63) is 54.1 Å². The van der Waals surface area contributed by atoms with Crippen molar-refractivity contribution in [2.24, 2.45) is 0 Å². The van der Waals surface area contributed by atoms with Gasteiger partial charge in [-0.05, 0) is 43.2 Å². The Hall–Kier alpha value is -2.14. The van der Waals surface area contributed by atoms with Gasteiger partial charge in [-0.1, -0.05) is 31.2 Å². The number of carbonyl (C=O) groups is 1. The lowest BCUT2D eigenvalue weighted by atomic mass is 10.0. The molecule has 0 bridgehead atoms. The van der Waals surface area contributed by atoms with Crippen LogP contribution in [0.3, 0.4) is 0 Å². The average molecular weight is 359 g/mol. The first-order valence-corrected chi connectivity index (χ1v) is 9.21. The van der Waals surface area contributed by atoms with Crippen LogP contribution in [0, 0.1) is 0 Å². The van der Waals surface area contributed by atoms with Crippen molar-refractivity contribution in [3.8, 4) is 11.5 Å². The monoisotopic (exact) mass is 359 g/mol. The fourth-order valence-corrected chi connectivity index (χ4v) is 3.43. The smallest absolute Gasteiger partial charge is 0.233 e. The summed E-state index contributed by atoms with van der Waals surface area (Å²) in [5, 5.41) is 2.97. The van der Waals surface area contributed by atoms with Gasteiger partial charge in [0.05, 0.1) is 25.5 Å². The van der Waals surface area contributed by atoms with Gasteiger partial charge in [0.25, 0.3) is 0 Å². The van der Waals surface area contributed by atoms with E-state index in [0.29, 0.717) is 11.5 Å². The number of hydrogen-bond donors (Lipinski definition) is 1. The summed E-state index contributed by atoms with van der Waals surface area (Å²) in [6, 6.07) is 15.6. The van der Waals surface area contributed by atoms with Gasteiger partial charge in [-0.15, -0.1) is 11.8 Å². The lowest BCUT2D eigenvalue weighted by molar-refractivity contribution is -0.121. The Kier molecular flexibility index (Phi) is 7.19. The minimum Gasteiger partial charge on any atom is -0.493 e. The van der Waals surface area contributed by atoms with Gasteiger partial charge in [-0.25, -0.2) is 0 Å². The molecule has 2 atom stereocenters. The van der Waals surface area contributed by atoms with Crippen molar-refractivity contribution in [1.82, 2.24) is 5.32 Å². The predicted molar refractivity (Wildman–Crippen MR) is 102 cm³/mol. The van der Waals surface area contributed by atoms with E-state index in [4.69, 9.17) is 9.47 Å². The molecule has 0 aliphatic rings. The number of rotatable bonds is 8. The van der Waals surface area contributed by atoms with Crippen molar-refractivity contribution in [2.75, 3.05) is 14.2 Å². The summed E-state index contributed by atoms with van der Waals surface area (Å²) in [4.78, 5) is 13.7. The molecular formula is C20H25NO3S. The van der Waals surface area contributed by atoms with E-state index in [1.807, 2.05) is 55.5 Å². The van der Waals surface area contributed by atoms with Gasteiger partial charge in [-0.2, -0.15) is 0 Å². The summed E-state index contributed by atoms with van der Waals surface area (Å²) in [5.41, 5.74) is 1.01. The first-order chi connectivity index (χ1) is 12.1. The number of hydrogen-bond acceptors (Lipinski definition) is 4. The highest BCUT2D eigenvalue weighted by atomic mass is 32.2. The van der Waals surface area contributed by atoms with Gasteiger partial charge in [0.2, 0.25) is 5.91 Å². The highest BCUT2D eigenvalue weighted by molar-refractivity contribution is 8.00. The summed E-state index contributed by atoms with van der Waals surface area (Å²) in [7, 11) is 3.22. The fourth-order valence-electron chi connectivity index (χ4n) is 2.54. The molecule has 2 aromatic rings. The number of carbonyl (C=O) groups excluding carboxylic acids is 1. The zero-order chi connectivity index (χ0) is 18.2. The van der Waals surface area contributed by atoms with Gasteiger partial charge < -0.3 is 14.8 Å². The number of thioether (sulfide) groups is 1. The molecular weight excluding hydrogens is 334 g/mol. The Balaban J connectivity index is 2.06. The lowest BCUT2D eigenvalue weighted by Crippen LogP contribution is -2.34. The highest BCUT2D eigenvalue weighted by Crippen LogP contribution is 2.31. The molecule has 1 amide bonds. The van der Waals surface area contributed by atoms with Crippen molar-refractivity contribution >= 4 is 17.7 Å². The Bertz CT molecular complexity index is 691. The van der Waals surface area contributed by atoms with Crippen LogP contribution in [0.1, 0.15) is 31.9 Å². The zero-order valence-corrected chi connectivity index (χ0v) is 15.9. The number of nitrogens with one attached hydrogen (secondary N) is 1. The van der Waals surface area contributed by atoms with Crippen LogP contribution in [-0.4, -0.2) is 25.4 Å². The number of amides is 1. The maximum absolute atomic E-state index is 12.6. The quantitative estimate of drug-likeness (QED) is 0.707. The first-order valence-electron chi connectivity index (χ1n) is 8.33. The van der Waals surface area contributed by atoms with Gasteiger partial charge in [0, 0.05) is 4.90 Å². The Morgan fingerprint density at radius 1 is 1.08 bits per heavy atom. The molecule has 0 aromatic heterocycles. The molecule has 4 nitrogen and oxygen atoms in total. The first kappa shape index (κ1) is 19.2. The number of ether oxygens (including phenoxy) is 2. The normalized spacial score (nSPS) is 13.0. The molecule has 0 radical (unpaired) electrons. The standard InChI is InChI=1S/C20H25NO3S/c1-5-17(15-11-12-18(23-3)19(13-15)24-4)21-20(22)14(2)25-16-9-7-6-8-10-16/h6-14,17H,5H2,1-4H3,(H,21,22)/t14-,17-/m1/s1. The molecule has 25 heavy (non-hydrogen) atoms. The molecule has 2 aromatic carbocycles. The summed E-state index contributed by atoms with van der Waals surface area (Å²) in [6.45, 7) is 3.98. The molecule has 0 fully saturated rings. The van der Waals surface area contributed by atoms with Crippen LogP contribution >= 0.6 is 11.8 Å². The fraction of sp³-hybridized carbons (Fsp3) is 0.350. The maximum atomic E-state index is 12.6. The molecule has 5 heteroatoms. The molecule has 134 valence electrons. The van der Waals surface area contributed by atoms with Crippen LogP contribution in [-0.2, 0) is 4.79 Å². The Morgan fingerprint density at radius 2 is 1.76 bits per heavy atom. The second-order valence-corrected chi connectivity index (χ2v) is 7.07. The molecule has 0 saturated carbocycles. The van der Waals surface area contributed by atoms with Gasteiger partial charge in [-0.3, -0.25) is 4.79 Å². The second kappa shape index (κ2) is 9.37. The minimum atomic E-state index is -0.170. The van der Waals surface area contributed by atoms with Crippen LogP contribution in [0.25, 0.3) is 0 Å². The highest BCUT2D eigenvalue weighted by Gasteiger charge is 2.20. The summed E-state index contributed by atoms with van der Waals surface area (Å²) in [5.74, 6) is 1.37.